The summed E-state index contributed by atoms with van der Waals surface area (Å²) in [7, 11) is 0. The van der Waals surface area contributed by atoms with Crippen molar-refractivity contribution < 1.29 is 14.5 Å². The van der Waals surface area contributed by atoms with Crippen molar-refractivity contribution >= 4 is 17.5 Å². The molecule has 8 heteroatoms. The fourth-order valence-electron chi connectivity index (χ4n) is 4.21. The molecule has 2 heterocycles. The minimum absolute atomic E-state index is 0.0120. The van der Waals surface area contributed by atoms with Crippen molar-refractivity contribution in [3.8, 4) is 0 Å². The second-order valence-corrected chi connectivity index (χ2v) is 7.68. The quantitative estimate of drug-likeness (QED) is 0.475. The maximum absolute atomic E-state index is 13.1. The molecule has 150 valence electrons. The molecule has 2 aliphatic rings. The Morgan fingerprint density at radius 2 is 1.69 bits per heavy atom. The zero-order valence-corrected chi connectivity index (χ0v) is 16.2. The summed E-state index contributed by atoms with van der Waals surface area (Å²) in [6, 6.07) is 14.6. The van der Waals surface area contributed by atoms with Gasteiger partial charge in [0.1, 0.15) is 6.04 Å². The first kappa shape index (κ1) is 19.2. The van der Waals surface area contributed by atoms with E-state index in [2.05, 4.69) is 5.43 Å². The van der Waals surface area contributed by atoms with Gasteiger partial charge in [0, 0.05) is 24.7 Å². The SMILES string of the molecule is CC(C)N1C(=O)[C@@H]2[C@@H](c3ccc([N+](=O)[O-])cc3)NN(Cc3ccccc3)[C@@H]2C1=O. The van der Waals surface area contributed by atoms with Crippen LogP contribution in [0.4, 0.5) is 5.69 Å². The van der Waals surface area contributed by atoms with Gasteiger partial charge in [0.2, 0.25) is 11.8 Å². The molecule has 0 bridgehead atoms. The van der Waals surface area contributed by atoms with Crippen LogP contribution in [0.15, 0.2) is 54.6 Å². The molecular weight excluding hydrogens is 372 g/mol. The van der Waals surface area contributed by atoms with Gasteiger partial charge in [-0.2, -0.15) is 0 Å². The highest BCUT2D eigenvalue weighted by atomic mass is 16.6. The van der Waals surface area contributed by atoms with Crippen molar-refractivity contribution in [2.45, 2.75) is 38.5 Å². The second kappa shape index (κ2) is 7.38. The number of likely N-dealkylation sites (tertiary alicyclic amines) is 1. The summed E-state index contributed by atoms with van der Waals surface area (Å²) in [6.45, 7) is 4.12. The molecule has 2 aromatic rings. The summed E-state index contributed by atoms with van der Waals surface area (Å²) in [4.78, 5) is 38.1. The zero-order valence-electron chi connectivity index (χ0n) is 16.2. The molecule has 2 aromatic carbocycles. The van der Waals surface area contributed by atoms with E-state index in [1.807, 2.05) is 49.2 Å². The van der Waals surface area contributed by atoms with Gasteiger partial charge in [-0.1, -0.05) is 42.5 Å². The molecule has 0 aromatic heterocycles. The Balaban J connectivity index is 1.69. The molecule has 0 unspecified atom stereocenters. The van der Waals surface area contributed by atoms with Gasteiger partial charge in [0.05, 0.1) is 16.9 Å². The van der Waals surface area contributed by atoms with Crippen LogP contribution in [-0.2, 0) is 16.1 Å². The number of nitro benzene ring substituents is 1. The van der Waals surface area contributed by atoms with E-state index < -0.39 is 22.9 Å². The summed E-state index contributed by atoms with van der Waals surface area (Å²) in [6.07, 6.45) is 0. The third-order valence-corrected chi connectivity index (χ3v) is 5.53. The molecule has 1 N–H and O–H groups in total. The van der Waals surface area contributed by atoms with Crippen LogP contribution in [0.2, 0.25) is 0 Å². The number of hydrogen-bond donors (Lipinski definition) is 1. The number of nitrogens with zero attached hydrogens (tertiary/aromatic N) is 3. The van der Waals surface area contributed by atoms with E-state index in [0.29, 0.717) is 6.54 Å². The lowest BCUT2D eigenvalue weighted by Crippen LogP contribution is -2.46. The number of amides is 2. The van der Waals surface area contributed by atoms with Gasteiger partial charge in [-0.15, -0.1) is 0 Å². The number of imide groups is 1. The molecule has 8 nitrogen and oxygen atoms in total. The molecule has 0 radical (unpaired) electrons. The Labute approximate surface area is 168 Å². The number of nitro groups is 1. The van der Waals surface area contributed by atoms with E-state index in [4.69, 9.17) is 0 Å². The van der Waals surface area contributed by atoms with E-state index in [0.717, 1.165) is 11.1 Å². The van der Waals surface area contributed by atoms with Gasteiger partial charge >= 0.3 is 0 Å². The molecule has 2 amide bonds. The molecular formula is C21H22N4O4. The van der Waals surface area contributed by atoms with Gasteiger partial charge in [-0.05, 0) is 25.0 Å². The van der Waals surface area contributed by atoms with Crippen LogP contribution < -0.4 is 5.43 Å². The lowest BCUT2D eigenvalue weighted by atomic mass is 9.91. The Kier molecular flexibility index (Phi) is 4.89. The van der Waals surface area contributed by atoms with Crippen LogP contribution in [0, 0.1) is 16.0 Å². The minimum Gasteiger partial charge on any atom is -0.278 e. The topological polar surface area (TPSA) is 95.8 Å². The van der Waals surface area contributed by atoms with Gasteiger partial charge in [-0.25, -0.2) is 10.4 Å². The summed E-state index contributed by atoms with van der Waals surface area (Å²) in [5.41, 5.74) is 5.07. The summed E-state index contributed by atoms with van der Waals surface area (Å²) < 4.78 is 0. The van der Waals surface area contributed by atoms with E-state index in [1.54, 1.807) is 12.1 Å². The van der Waals surface area contributed by atoms with Crippen molar-refractivity contribution in [3.05, 3.63) is 75.8 Å². The van der Waals surface area contributed by atoms with Gasteiger partial charge in [0.25, 0.3) is 5.69 Å². The average molecular weight is 394 g/mol. The highest BCUT2D eigenvalue weighted by Gasteiger charge is 2.58. The van der Waals surface area contributed by atoms with Crippen LogP contribution in [0.3, 0.4) is 0 Å². The van der Waals surface area contributed by atoms with E-state index in [9.17, 15) is 19.7 Å². The normalized spacial score (nSPS) is 24.4. The fraction of sp³-hybridized carbons (Fsp3) is 0.333. The van der Waals surface area contributed by atoms with Crippen molar-refractivity contribution in [2.24, 2.45) is 5.92 Å². The first-order valence-electron chi connectivity index (χ1n) is 9.56. The number of carbonyl (C=O) groups is 2. The number of non-ortho nitro benzene ring substituents is 1. The number of benzene rings is 2. The molecule has 2 aliphatic heterocycles. The maximum Gasteiger partial charge on any atom is 0.269 e. The number of rotatable bonds is 5. The number of carbonyl (C=O) groups excluding carboxylic acids is 2. The first-order valence-corrected chi connectivity index (χ1v) is 9.56. The minimum atomic E-state index is -0.606. The van der Waals surface area contributed by atoms with Crippen molar-refractivity contribution in [3.63, 3.8) is 0 Å². The Hall–Kier alpha value is -3.10. The lowest BCUT2D eigenvalue weighted by Gasteiger charge is -2.26. The lowest BCUT2D eigenvalue weighted by molar-refractivity contribution is -0.384. The van der Waals surface area contributed by atoms with Gasteiger partial charge in [0.15, 0.2) is 0 Å². The molecule has 4 rings (SSSR count). The van der Waals surface area contributed by atoms with Crippen LogP contribution >= 0.6 is 0 Å². The zero-order chi connectivity index (χ0) is 20.7. The third-order valence-electron chi connectivity index (χ3n) is 5.53. The Morgan fingerprint density at radius 3 is 2.28 bits per heavy atom. The predicted molar refractivity (Wildman–Crippen MR) is 105 cm³/mol. The number of nitrogens with one attached hydrogen (secondary N) is 1. The van der Waals surface area contributed by atoms with E-state index >= 15 is 0 Å². The standard InChI is InChI=1S/C21H22N4O4/c1-13(2)24-20(26)17-18(15-8-10-16(11-9-15)25(28)29)22-23(19(17)21(24)27)12-14-6-4-3-5-7-14/h3-11,13,17-19,22H,12H2,1-2H3/t17-,18-,19+/m1/s1. The fourth-order valence-corrected chi connectivity index (χ4v) is 4.21. The van der Waals surface area contributed by atoms with E-state index in [-0.39, 0.29) is 23.5 Å². The Bertz CT molecular complexity index is 945. The molecule has 29 heavy (non-hydrogen) atoms. The third kappa shape index (κ3) is 3.30. The van der Waals surface area contributed by atoms with E-state index in [1.165, 1.54) is 17.0 Å². The van der Waals surface area contributed by atoms with Gasteiger partial charge < -0.3 is 0 Å². The number of hydrazine groups is 1. The maximum atomic E-state index is 13.1. The average Bonchev–Trinajstić information content (AvgIpc) is 3.19. The first-order chi connectivity index (χ1) is 13.9. The molecule has 2 saturated heterocycles. The molecule has 2 fully saturated rings. The second-order valence-electron chi connectivity index (χ2n) is 7.68. The van der Waals surface area contributed by atoms with Crippen molar-refractivity contribution in [2.75, 3.05) is 0 Å². The number of fused-ring (bicyclic) bond motifs is 1. The predicted octanol–water partition coefficient (Wildman–Crippen LogP) is 2.42. The van der Waals surface area contributed by atoms with Gasteiger partial charge in [-0.3, -0.25) is 24.6 Å². The largest absolute Gasteiger partial charge is 0.278 e. The Morgan fingerprint density at radius 1 is 1.03 bits per heavy atom. The van der Waals surface area contributed by atoms with Crippen LogP contribution in [0.5, 0.6) is 0 Å². The monoisotopic (exact) mass is 394 g/mol. The highest BCUT2D eigenvalue weighted by molar-refractivity contribution is 6.08. The van der Waals surface area contributed by atoms with Crippen molar-refractivity contribution in [1.82, 2.24) is 15.3 Å². The van der Waals surface area contributed by atoms with Crippen LogP contribution in [0.25, 0.3) is 0 Å². The molecule has 0 saturated carbocycles. The molecule has 0 spiro atoms. The van der Waals surface area contributed by atoms with Crippen LogP contribution in [-0.4, -0.2) is 38.7 Å². The molecule has 0 aliphatic carbocycles. The smallest absolute Gasteiger partial charge is 0.269 e. The highest BCUT2D eigenvalue weighted by Crippen LogP contribution is 2.41. The summed E-state index contributed by atoms with van der Waals surface area (Å²) in [5, 5.41) is 12.8. The number of hydrogen-bond acceptors (Lipinski definition) is 6. The van der Waals surface area contributed by atoms with Crippen LogP contribution in [0.1, 0.15) is 31.0 Å². The van der Waals surface area contributed by atoms with Crippen molar-refractivity contribution in [1.29, 1.82) is 0 Å². The molecule has 3 atom stereocenters. The summed E-state index contributed by atoms with van der Waals surface area (Å²) in [5.74, 6) is -0.987. The summed E-state index contributed by atoms with van der Waals surface area (Å²) >= 11 is 0.